The van der Waals surface area contributed by atoms with Gasteiger partial charge >= 0.3 is 0 Å². The van der Waals surface area contributed by atoms with Crippen molar-refractivity contribution in [3.05, 3.63) is 30.2 Å². The van der Waals surface area contributed by atoms with Crippen molar-refractivity contribution >= 4 is 20.9 Å². The lowest BCUT2D eigenvalue weighted by Gasteiger charge is -2.03. The molecule has 1 fully saturated rings. The van der Waals surface area contributed by atoms with E-state index >= 15 is 0 Å². The number of aromatic nitrogens is 1. The summed E-state index contributed by atoms with van der Waals surface area (Å²) in [6.45, 7) is 0.738. The van der Waals surface area contributed by atoms with Crippen LogP contribution in [0.2, 0.25) is 0 Å². The van der Waals surface area contributed by atoms with Crippen LogP contribution in [0.4, 0.5) is 4.39 Å². The second kappa shape index (κ2) is 4.31. The lowest BCUT2D eigenvalue weighted by atomic mass is 10.2. The molecule has 102 valence electrons. The van der Waals surface area contributed by atoms with Gasteiger partial charge in [-0.25, -0.2) is 17.9 Å². The van der Waals surface area contributed by atoms with Gasteiger partial charge in [0.1, 0.15) is 10.7 Å². The molecular weight excluding hydrogens is 267 g/mol. The highest BCUT2D eigenvalue weighted by atomic mass is 32.2. The number of benzene rings is 1. The third-order valence-electron chi connectivity index (χ3n) is 3.59. The molecule has 0 bridgehead atoms. The Morgan fingerprint density at radius 3 is 2.74 bits per heavy atom. The predicted molar refractivity (Wildman–Crippen MR) is 70.6 cm³/mol. The quantitative estimate of drug-likeness (QED) is 0.934. The molecule has 1 saturated carbocycles. The zero-order valence-electron chi connectivity index (χ0n) is 10.3. The summed E-state index contributed by atoms with van der Waals surface area (Å²) in [5.74, 6) is 0.285. The fraction of sp³-hybridized carbons (Fsp3) is 0.385. The van der Waals surface area contributed by atoms with Crippen LogP contribution in [0.1, 0.15) is 19.3 Å². The average molecular weight is 282 g/mol. The number of hydrogen-bond donors (Lipinski definition) is 1. The van der Waals surface area contributed by atoms with E-state index in [2.05, 4.69) is 0 Å². The molecule has 0 radical (unpaired) electrons. The molecule has 0 saturated heterocycles. The van der Waals surface area contributed by atoms with Crippen LogP contribution in [0.15, 0.2) is 29.3 Å². The molecule has 0 aliphatic heterocycles. The summed E-state index contributed by atoms with van der Waals surface area (Å²) >= 11 is 0. The fourth-order valence-electron chi connectivity index (χ4n) is 2.38. The molecule has 19 heavy (non-hydrogen) atoms. The first-order valence-electron chi connectivity index (χ1n) is 6.26. The van der Waals surface area contributed by atoms with Crippen molar-refractivity contribution in [3.8, 4) is 0 Å². The van der Waals surface area contributed by atoms with Gasteiger partial charge in [0, 0.05) is 23.6 Å². The molecule has 0 amide bonds. The van der Waals surface area contributed by atoms with E-state index in [1.165, 1.54) is 31.2 Å². The van der Waals surface area contributed by atoms with Crippen molar-refractivity contribution < 1.29 is 12.8 Å². The van der Waals surface area contributed by atoms with Crippen LogP contribution < -0.4 is 5.14 Å². The van der Waals surface area contributed by atoms with Gasteiger partial charge in [0.05, 0.1) is 0 Å². The molecule has 6 heteroatoms. The molecule has 2 aromatic rings. The van der Waals surface area contributed by atoms with Crippen LogP contribution >= 0.6 is 0 Å². The molecule has 0 atom stereocenters. The molecule has 1 heterocycles. The van der Waals surface area contributed by atoms with E-state index in [4.69, 9.17) is 5.14 Å². The van der Waals surface area contributed by atoms with Gasteiger partial charge in [-0.3, -0.25) is 0 Å². The van der Waals surface area contributed by atoms with E-state index in [0.717, 1.165) is 18.9 Å². The van der Waals surface area contributed by atoms with Gasteiger partial charge in [-0.1, -0.05) is 12.8 Å². The Balaban J connectivity index is 2.11. The first-order chi connectivity index (χ1) is 8.95. The highest BCUT2D eigenvalue weighted by molar-refractivity contribution is 7.89. The number of hydrogen-bond acceptors (Lipinski definition) is 2. The highest BCUT2D eigenvalue weighted by Gasteiger charge is 2.22. The number of fused-ring (bicyclic) bond motifs is 1. The fourth-order valence-corrected chi connectivity index (χ4v) is 3.12. The lowest BCUT2D eigenvalue weighted by Crippen LogP contribution is -2.11. The van der Waals surface area contributed by atoms with Crippen molar-refractivity contribution in [1.29, 1.82) is 0 Å². The SMILES string of the molecule is NS(=O)(=O)c1cn(CCC2CC2)c2ccc(F)cc12. The molecule has 1 aliphatic carbocycles. The minimum Gasteiger partial charge on any atom is -0.346 e. The number of nitrogens with zero attached hydrogens (tertiary/aromatic N) is 1. The first kappa shape index (κ1) is 12.6. The summed E-state index contributed by atoms with van der Waals surface area (Å²) in [5.41, 5.74) is 0.714. The van der Waals surface area contributed by atoms with E-state index < -0.39 is 15.8 Å². The Kier molecular flexibility index (Phi) is 2.87. The summed E-state index contributed by atoms with van der Waals surface area (Å²) in [7, 11) is -3.84. The average Bonchev–Trinajstić information content (AvgIpc) is 3.07. The zero-order chi connectivity index (χ0) is 13.6. The van der Waals surface area contributed by atoms with Gasteiger partial charge in [0.2, 0.25) is 10.0 Å². The number of aryl methyl sites for hydroxylation is 1. The number of rotatable bonds is 4. The minimum absolute atomic E-state index is 0.00204. The molecule has 3 rings (SSSR count). The number of nitrogens with two attached hydrogens (primary N) is 1. The predicted octanol–water partition coefficient (Wildman–Crippen LogP) is 2.23. The third kappa shape index (κ3) is 2.50. The van der Waals surface area contributed by atoms with Crippen LogP contribution in [0, 0.1) is 11.7 Å². The highest BCUT2D eigenvalue weighted by Crippen LogP contribution is 2.34. The summed E-state index contributed by atoms with van der Waals surface area (Å²) in [5, 5.41) is 5.55. The number of sulfonamides is 1. The summed E-state index contributed by atoms with van der Waals surface area (Å²) in [4.78, 5) is -0.00204. The molecular formula is C13H15FN2O2S. The second-order valence-electron chi connectivity index (χ2n) is 5.13. The Morgan fingerprint density at radius 2 is 2.11 bits per heavy atom. The largest absolute Gasteiger partial charge is 0.346 e. The van der Waals surface area contributed by atoms with E-state index in [1.807, 2.05) is 4.57 Å². The van der Waals surface area contributed by atoms with Gasteiger partial charge in [0.15, 0.2) is 0 Å². The second-order valence-corrected chi connectivity index (χ2v) is 6.66. The van der Waals surface area contributed by atoms with E-state index in [0.29, 0.717) is 10.9 Å². The number of halogens is 1. The maximum Gasteiger partial charge on any atom is 0.240 e. The van der Waals surface area contributed by atoms with Gasteiger partial charge in [-0.05, 0) is 30.5 Å². The van der Waals surface area contributed by atoms with Gasteiger partial charge in [0.25, 0.3) is 0 Å². The van der Waals surface area contributed by atoms with Gasteiger partial charge < -0.3 is 4.57 Å². The van der Waals surface area contributed by atoms with Crippen LogP contribution in [0.25, 0.3) is 10.9 Å². The smallest absolute Gasteiger partial charge is 0.240 e. The third-order valence-corrected chi connectivity index (χ3v) is 4.53. The molecule has 2 N–H and O–H groups in total. The van der Waals surface area contributed by atoms with Crippen LogP contribution in [-0.4, -0.2) is 13.0 Å². The summed E-state index contributed by atoms with van der Waals surface area (Å²) < 4.78 is 38.3. The Morgan fingerprint density at radius 1 is 1.37 bits per heavy atom. The van der Waals surface area contributed by atoms with Crippen LogP contribution in [-0.2, 0) is 16.6 Å². The zero-order valence-corrected chi connectivity index (χ0v) is 11.2. The van der Waals surface area contributed by atoms with Crippen LogP contribution in [0.3, 0.4) is 0 Å². The van der Waals surface area contributed by atoms with E-state index in [9.17, 15) is 12.8 Å². The van der Waals surface area contributed by atoms with E-state index in [1.54, 1.807) is 6.07 Å². The number of primary sulfonamides is 1. The summed E-state index contributed by atoms with van der Waals surface area (Å²) in [6, 6.07) is 4.16. The van der Waals surface area contributed by atoms with Crippen molar-refractivity contribution in [2.24, 2.45) is 11.1 Å². The first-order valence-corrected chi connectivity index (χ1v) is 7.81. The van der Waals surface area contributed by atoms with Crippen LogP contribution in [0.5, 0.6) is 0 Å². The van der Waals surface area contributed by atoms with Gasteiger partial charge in [-0.15, -0.1) is 0 Å². The maximum absolute atomic E-state index is 13.3. The Hall–Kier alpha value is -1.40. The van der Waals surface area contributed by atoms with Crippen molar-refractivity contribution in [2.45, 2.75) is 30.7 Å². The standard InChI is InChI=1S/C13H15FN2O2S/c14-10-3-4-12-11(7-10)13(19(15,17)18)8-16(12)6-5-9-1-2-9/h3-4,7-9H,1-2,5-6H2,(H2,15,17,18). The van der Waals surface area contributed by atoms with Crippen molar-refractivity contribution in [2.75, 3.05) is 0 Å². The lowest BCUT2D eigenvalue weighted by molar-refractivity contribution is 0.593. The maximum atomic E-state index is 13.3. The van der Waals surface area contributed by atoms with Crippen molar-refractivity contribution in [3.63, 3.8) is 0 Å². The molecule has 0 unspecified atom stereocenters. The normalized spacial score (nSPS) is 16.1. The molecule has 1 aromatic carbocycles. The summed E-state index contributed by atoms with van der Waals surface area (Å²) in [6.07, 6.45) is 5.03. The molecule has 1 aromatic heterocycles. The Bertz CT molecular complexity index is 732. The Labute approximate surface area is 111 Å². The monoisotopic (exact) mass is 282 g/mol. The molecule has 1 aliphatic rings. The molecule has 0 spiro atoms. The van der Waals surface area contributed by atoms with Gasteiger partial charge in [-0.2, -0.15) is 0 Å². The molecule has 4 nitrogen and oxygen atoms in total. The minimum atomic E-state index is -3.84. The van der Waals surface area contributed by atoms with E-state index in [-0.39, 0.29) is 4.90 Å². The van der Waals surface area contributed by atoms with Crippen molar-refractivity contribution in [1.82, 2.24) is 4.57 Å². The topological polar surface area (TPSA) is 65.1 Å².